The summed E-state index contributed by atoms with van der Waals surface area (Å²) in [6.07, 6.45) is 0.719. The second-order valence-electron chi connectivity index (χ2n) is 8.61. The predicted molar refractivity (Wildman–Crippen MR) is 135 cm³/mol. The third-order valence-electron chi connectivity index (χ3n) is 6.57. The molecule has 4 aromatic rings. The molecule has 0 spiro atoms. The molecule has 3 aromatic carbocycles. The molecular formula is C27H24ClN3O4. The molecule has 8 heteroatoms. The molecule has 35 heavy (non-hydrogen) atoms. The van der Waals surface area contributed by atoms with Gasteiger partial charge in [-0.1, -0.05) is 23.7 Å². The SMILES string of the molecule is COc1ccc(C2c3[nH]c4ccc(Cl)cc4c3CCN2C(=O)Nc2ccc3c(c2)OCCO3)cc1. The minimum atomic E-state index is -0.298. The molecule has 1 atom stereocenters. The molecule has 0 bridgehead atoms. The monoisotopic (exact) mass is 489 g/mol. The molecule has 2 amide bonds. The number of nitrogens with one attached hydrogen (secondary N) is 2. The zero-order valence-electron chi connectivity index (χ0n) is 19.1. The second-order valence-corrected chi connectivity index (χ2v) is 9.05. The number of hydrogen-bond acceptors (Lipinski definition) is 4. The van der Waals surface area contributed by atoms with E-state index >= 15 is 0 Å². The number of aromatic nitrogens is 1. The second kappa shape index (κ2) is 8.74. The van der Waals surface area contributed by atoms with Gasteiger partial charge in [0.25, 0.3) is 0 Å². The molecule has 0 aliphatic carbocycles. The van der Waals surface area contributed by atoms with Crippen LogP contribution in [0.4, 0.5) is 10.5 Å². The maximum Gasteiger partial charge on any atom is 0.322 e. The average Bonchev–Trinajstić information content (AvgIpc) is 3.26. The molecule has 6 rings (SSSR count). The number of ether oxygens (including phenoxy) is 3. The van der Waals surface area contributed by atoms with Gasteiger partial charge in [-0.2, -0.15) is 0 Å². The quantitative estimate of drug-likeness (QED) is 0.382. The minimum Gasteiger partial charge on any atom is -0.497 e. The maximum absolute atomic E-state index is 13.6. The molecule has 2 aliphatic rings. The van der Waals surface area contributed by atoms with E-state index in [1.165, 1.54) is 5.56 Å². The smallest absolute Gasteiger partial charge is 0.322 e. The third kappa shape index (κ3) is 3.91. The van der Waals surface area contributed by atoms with Gasteiger partial charge in [0.05, 0.1) is 13.2 Å². The molecule has 7 nitrogen and oxygen atoms in total. The largest absolute Gasteiger partial charge is 0.497 e. The normalized spacial score (nSPS) is 16.6. The van der Waals surface area contributed by atoms with Gasteiger partial charge in [-0.3, -0.25) is 0 Å². The lowest BCUT2D eigenvalue weighted by Crippen LogP contribution is -2.43. The Morgan fingerprint density at radius 3 is 2.66 bits per heavy atom. The lowest BCUT2D eigenvalue weighted by Gasteiger charge is -2.36. The van der Waals surface area contributed by atoms with Gasteiger partial charge >= 0.3 is 6.03 Å². The molecule has 1 aromatic heterocycles. The van der Waals surface area contributed by atoms with Crippen LogP contribution in [0.25, 0.3) is 10.9 Å². The zero-order chi connectivity index (χ0) is 23.9. The molecule has 2 N–H and O–H groups in total. The number of aromatic amines is 1. The zero-order valence-corrected chi connectivity index (χ0v) is 19.9. The lowest BCUT2D eigenvalue weighted by molar-refractivity contribution is 0.171. The summed E-state index contributed by atoms with van der Waals surface area (Å²) < 4.78 is 16.6. The van der Waals surface area contributed by atoms with Gasteiger partial charge in [0.1, 0.15) is 19.0 Å². The number of nitrogens with zero attached hydrogens (tertiary/aromatic N) is 1. The first-order chi connectivity index (χ1) is 17.1. The number of carbonyl (C=O) groups excluding carboxylic acids is 1. The van der Waals surface area contributed by atoms with Crippen LogP contribution in [-0.2, 0) is 6.42 Å². The summed E-state index contributed by atoms with van der Waals surface area (Å²) in [5.41, 5.74) is 4.83. The molecule has 0 saturated heterocycles. The molecular weight excluding hydrogens is 466 g/mol. The first kappa shape index (κ1) is 21.7. The van der Waals surface area contributed by atoms with Gasteiger partial charge in [0, 0.05) is 39.9 Å². The van der Waals surface area contributed by atoms with E-state index in [0.717, 1.165) is 34.3 Å². The van der Waals surface area contributed by atoms with Crippen molar-refractivity contribution in [1.29, 1.82) is 0 Å². The van der Waals surface area contributed by atoms with Crippen LogP contribution in [0.2, 0.25) is 5.02 Å². The summed E-state index contributed by atoms with van der Waals surface area (Å²) in [5.74, 6) is 2.08. The molecule has 0 radical (unpaired) electrons. The molecule has 2 aliphatic heterocycles. The molecule has 3 heterocycles. The third-order valence-corrected chi connectivity index (χ3v) is 6.81. The highest BCUT2D eigenvalue weighted by atomic mass is 35.5. The Hall–Kier alpha value is -3.84. The summed E-state index contributed by atoms with van der Waals surface area (Å²) in [5, 5.41) is 4.84. The van der Waals surface area contributed by atoms with Crippen LogP contribution in [0.15, 0.2) is 60.7 Å². The van der Waals surface area contributed by atoms with Crippen LogP contribution in [0.5, 0.6) is 17.2 Å². The van der Waals surface area contributed by atoms with E-state index in [-0.39, 0.29) is 12.1 Å². The summed E-state index contributed by atoms with van der Waals surface area (Å²) in [4.78, 5) is 19.0. The van der Waals surface area contributed by atoms with Crippen LogP contribution in [0.3, 0.4) is 0 Å². The molecule has 1 unspecified atom stereocenters. The number of fused-ring (bicyclic) bond motifs is 4. The Bertz CT molecular complexity index is 1420. The van der Waals surface area contributed by atoms with Crippen molar-refractivity contribution in [1.82, 2.24) is 9.88 Å². The van der Waals surface area contributed by atoms with Gasteiger partial charge in [-0.15, -0.1) is 0 Å². The summed E-state index contributed by atoms with van der Waals surface area (Å²) in [6.45, 7) is 1.57. The Labute approximate surface area is 207 Å². The standard InChI is InChI=1S/C27H24ClN3O4/c1-33-19-6-2-16(3-7-19)26-25-20(21-14-17(28)4-8-22(21)30-25)10-11-31(26)27(32)29-18-5-9-23-24(15-18)35-13-12-34-23/h2-9,14-15,26,30H,10-13H2,1H3,(H,29,32). The first-order valence-corrected chi connectivity index (χ1v) is 11.9. The van der Waals surface area contributed by atoms with Gasteiger partial charge in [-0.05, 0) is 60.0 Å². The van der Waals surface area contributed by atoms with E-state index in [9.17, 15) is 4.79 Å². The number of anilines is 1. The number of halogens is 1. The van der Waals surface area contributed by atoms with E-state index in [0.29, 0.717) is 42.0 Å². The fourth-order valence-electron chi connectivity index (χ4n) is 4.93. The highest BCUT2D eigenvalue weighted by Gasteiger charge is 2.35. The van der Waals surface area contributed by atoms with E-state index in [4.69, 9.17) is 25.8 Å². The minimum absolute atomic E-state index is 0.190. The van der Waals surface area contributed by atoms with Crippen molar-refractivity contribution in [3.63, 3.8) is 0 Å². The number of amides is 2. The van der Waals surface area contributed by atoms with Crippen LogP contribution in [0, 0.1) is 0 Å². The van der Waals surface area contributed by atoms with E-state index in [1.807, 2.05) is 59.5 Å². The summed E-state index contributed by atoms with van der Waals surface area (Å²) >= 11 is 6.30. The van der Waals surface area contributed by atoms with Crippen molar-refractivity contribution in [3.8, 4) is 17.2 Å². The summed E-state index contributed by atoms with van der Waals surface area (Å²) in [7, 11) is 1.64. The fraction of sp³-hybridized carbons (Fsp3) is 0.222. The van der Waals surface area contributed by atoms with Crippen molar-refractivity contribution >= 4 is 34.2 Å². The van der Waals surface area contributed by atoms with Crippen molar-refractivity contribution in [3.05, 3.63) is 82.5 Å². The van der Waals surface area contributed by atoms with Crippen molar-refractivity contribution in [2.24, 2.45) is 0 Å². The average molecular weight is 490 g/mol. The molecule has 0 saturated carbocycles. The van der Waals surface area contributed by atoms with Gasteiger partial charge in [-0.25, -0.2) is 4.79 Å². The van der Waals surface area contributed by atoms with Gasteiger partial charge in [0.15, 0.2) is 11.5 Å². The number of hydrogen-bond donors (Lipinski definition) is 2. The number of benzene rings is 3. The van der Waals surface area contributed by atoms with Crippen LogP contribution < -0.4 is 19.5 Å². The Morgan fingerprint density at radius 1 is 1.06 bits per heavy atom. The van der Waals surface area contributed by atoms with Crippen molar-refractivity contribution < 1.29 is 19.0 Å². The Balaban J connectivity index is 1.38. The fourth-order valence-corrected chi connectivity index (χ4v) is 5.10. The van der Waals surface area contributed by atoms with Crippen LogP contribution in [-0.4, -0.2) is 42.8 Å². The lowest BCUT2D eigenvalue weighted by atomic mass is 9.92. The number of H-pyrrole nitrogens is 1. The number of urea groups is 1. The Morgan fingerprint density at radius 2 is 1.86 bits per heavy atom. The summed E-state index contributed by atoms with van der Waals surface area (Å²) in [6, 6.07) is 18.6. The van der Waals surface area contributed by atoms with E-state index < -0.39 is 0 Å². The number of carbonyl (C=O) groups is 1. The maximum atomic E-state index is 13.6. The predicted octanol–water partition coefficient (Wildman–Crippen LogP) is 5.78. The van der Waals surface area contributed by atoms with Gasteiger partial charge in [0.2, 0.25) is 0 Å². The van der Waals surface area contributed by atoms with E-state index in [1.54, 1.807) is 13.2 Å². The number of rotatable bonds is 3. The number of methoxy groups -OCH3 is 1. The topological polar surface area (TPSA) is 75.8 Å². The molecule has 0 fully saturated rings. The Kier molecular flexibility index (Phi) is 5.41. The van der Waals surface area contributed by atoms with Crippen molar-refractivity contribution in [2.45, 2.75) is 12.5 Å². The van der Waals surface area contributed by atoms with Crippen molar-refractivity contribution in [2.75, 3.05) is 32.2 Å². The highest BCUT2D eigenvalue weighted by Crippen LogP contribution is 2.40. The van der Waals surface area contributed by atoms with Gasteiger partial charge < -0.3 is 29.4 Å². The van der Waals surface area contributed by atoms with Crippen LogP contribution in [0.1, 0.15) is 22.9 Å². The van der Waals surface area contributed by atoms with E-state index in [2.05, 4.69) is 10.3 Å². The highest BCUT2D eigenvalue weighted by molar-refractivity contribution is 6.31. The molecule has 178 valence electrons. The van der Waals surface area contributed by atoms with Crippen LogP contribution >= 0.6 is 11.6 Å². The first-order valence-electron chi connectivity index (χ1n) is 11.5.